The Bertz CT molecular complexity index is 1040. The molecule has 0 fully saturated rings. The quantitative estimate of drug-likeness (QED) is 0.319. The Morgan fingerprint density at radius 3 is 2.30 bits per heavy atom. The van der Waals surface area contributed by atoms with Crippen LogP contribution in [0, 0.1) is 0 Å². The molecule has 0 unspecified atom stereocenters. The van der Waals surface area contributed by atoms with Gasteiger partial charge >= 0.3 is 5.97 Å². The monoisotopic (exact) mass is 405 g/mol. The SMILES string of the molecule is CCCCCCCCc1c(-c2ccccc2)c(=O)c2ccccc2n1CC(=O)OC. The van der Waals surface area contributed by atoms with Crippen LogP contribution in [0.1, 0.15) is 51.1 Å². The number of pyridine rings is 1. The molecule has 1 aromatic heterocycles. The van der Waals surface area contributed by atoms with Crippen molar-refractivity contribution in [3.05, 3.63) is 70.5 Å². The molecular formula is C26H31NO3. The fourth-order valence-corrected chi connectivity index (χ4v) is 4.06. The summed E-state index contributed by atoms with van der Waals surface area (Å²) in [6.45, 7) is 2.31. The lowest BCUT2D eigenvalue weighted by Gasteiger charge is -2.20. The van der Waals surface area contributed by atoms with Gasteiger partial charge in [0.15, 0.2) is 5.43 Å². The summed E-state index contributed by atoms with van der Waals surface area (Å²) in [7, 11) is 1.40. The Balaban J connectivity index is 2.11. The molecule has 4 heteroatoms. The van der Waals surface area contributed by atoms with Crippen molar-refractivity contribution in [3.8, 4) is 11.1 Å². The van der Waals surface area contributed by atoms with Crippen molar-refractivity contribution in [1.29, 1.82) is 0 Å². The second kappa shape index (κ2) is 10.8. The van der Waals surface area contributed by atoms with E-state index in [0.29, 0.717) is 10.9 Å². The molecule has 0 bridgehead atoms. The van der Waals surface area contributed by atoms with E-state index in [1.54, 1.807) is 0 Å². The number of rotatable bonds is 10. The first kappa shape index (κ1) is 21.8. The number of hydrogen-bond acceptors (Lipinski definition) is 3. The molecule has 4 nitrogen and oxygen atoms in total. The summed E-state index contributed by atoms with van der Waals surface area (Å²) in [5.41, 5.74) is 3.33. The Kier molecular flexibility index (Phi) is 7.83. The molecule has 3 aromatic rings. The van der Waals surface area contributed by atoms with Crippen LogP contribution in [-0.4, -0.2) is 17.6 Å². The van der Waals surface area contributed by atoms with Crippen LogP contribution in [0.4, 0.5) is 0 Å². The van der Waals surface area contributed by atoms with Crippen LogP contribution in [0.15, 0.2) is 59.4 Å². The van der Waals surface area contributed by atoms with Crippen molar-refractivity contribution in [2.45, 2.75) is 58.4 Å². The zero-order chi connectivity index (χ0) is 21.3. The zero-order valence-corrected chi connectivity index (χ0v) is 18.0. The third kappa shape index (κ3) is 4.99. The van der Waals surface area contributed by atoms with Crippen LogP contribution in [0.3, 0.4) is 0 Å². The van der Waals surface area contributed by atoms with Crippen LogP contribution < -0.4 is 5.43 Å². The van der Waals surface area contributed by atoms with E-state index in [1.807, 2.05) is 59.2 Å². The molecule has 0 spiro atoms. The van der Waals surface area contributed by atoms with E-state index in [0.717, 1.165) is 36.0 Å². The molecule has 0 atom stereocenters. The molecule has 0 amide bonds. The maximum Gasteiger partial charge on any atom is 0.325 e. The van der Waals surface area contributed by atoms with Gasteiger partial charge in [-0.05, 0) is 30.5 Å². The molecule has 0 N–H and O–H groups in total. The maximum absolute atomic E-state index is 13.5. The predicted octanol–water partition coefficient (Wildman–Crippen LogP) is 5.74. The molecule has 3 rings (SSSR count). The van der Waals surface area contributed by atoms with Crippen molar-refractivity contribution in [2.75, 3.05) is 7.11 Å². The van der Waals surface area contributed by atoms with Crippen molar-refractivity contribution >= 4 is 16.9 Å². The molecular weight excluding hydrogens is 374 g/mol. The third-order valence-corrected chi connectivity index (χ3v) is 5.63. The molecule has 0 radical (unpaired) electrons. The largest absolute Gasteiger partial charge is 0.468 e. The van der Waals surface area contributed by atoms with E-state index in [1.165, 1.54) is 32.8 Å². The molecule has 0 aliphatic carbocycles. The van der Waals surface area contributed by atoms with E-state index >= 15 is 0 Å². The first-order valence-corrected chi connectivity index (χ1v) is 10.9. The van der Waals surface area contributed by atoms with Crippen LogP contribution in [0.25, 0.3) is 22.0 Å². The number of nitrogens with zero attached hydrogens (tertiary/aromatic N) is 1. The number of carbonyl (C=O) groups is 1. The highest BCUT2D eigenvalue weighted by Gasteiger charge is 2.19. The fraction of sp³-hybridized carbons (Fsp3) is 0.385. The highest BCUT2D eigenvalue weighted by molar-refractivity contribution is 5.87. The lowest BCUT2D eigenvalue weighted by molar-refractivity contribution is -0.141. The van der Waals surface area contributed by atoms with Crippen molar-refractivity contribution in [3.63, 3.8) is 0 Å². The number of esters is 1. The van der Waals surface area contributed by atoms with Gasteiger partial charge in [-0.25, -0.2) is 0 Å². The Morgan fingerprint density at radius 1 is 0.900 bits per heavy atom. The lowest BCUT2D eigenvalue weighted by Crippen LogP contribution is -2.22. The minimum absolute atomic E-state index is 0.0268. The molecule has 30 heavy (non-hydrogen) atoms. The van der Waals surface area contributed by atoms with Gasteiger partial charge in [0.2, 0.25) is 0 Å². The highest BCUT2D eigenvalue weighted by Crippen LogP contribution is 2.27. The van der Waals surface area contributed by atoms with Gasteiger partial charge in [0.05, 0.1) is 12.6 Å². The second-order valence-corrected chi connectivity index (χ2v) is 7.71. The van der Waals surface area contributed by atoms with Gasteiger partial charge < -0.3 is 9.30 Å². The van der Waals surface area contributed by atoms with Gasteiger partial charge in [-0.2, -0.15) is 0 Å². The van der Waals surface area contributed by atoms with E-state index in [-0.39, 0.29) is 17.9 Å². The molecule has 0 aliphatic heterocycles. The summed E-state index contributed by atoms with van der Waals surface area (Å²) in [6.07, 6.45) is 7.79. The standard InChI is InChI=1S/C26H31NO3/c1-3-4-5-6-7-11-18-23-25(20-14-9-8-10-15-20)26(29)21-16-12-13-17-22(21)27(23)19-24(28)30-2/h8-10,12-17H,3-7,11,18-19H2,1-2H3. The molecule has 0 saturated heterocycles. The van der Waals surface area contributed by atoms with Gasteiger partial charge in [0.1, 0.15) is 6.54 Å². The minimum atomic E-state index is -0.313. The topological polar surface area (TPSA) is 48.3 Å². The highest BCUT2D eigenvalue weighted by atomic mass is 16.5. The van der Waals surface area contributed by atoms with Gasteiger partial charge in [0.25, 0.3) is 0 Å². The first-order valence-electron chi connectivity index (χ1n) is 10.9. The first-order chi connectivity index (χ1) is 14.7. The molecule has 158 valence electrons. The third-order valence-electron chi connectivity index (χ3n) is 5.63. The number of ether oxygens (including phenoxy) is 1. The van der Waals surface area contributed by atoms with Gasteiger partial charge in [-0.1, -0.05) is 81.5 Å². The number of fused-ring (bicyclic) bond motifs is 1. The molecule has 1 heterocycles. The summed E-state index contributed by atoms with van der Waals surface area (Å²) in [6, 6.07) is 17.3. The van der Waals surface area contributed by atoms with Crippen LogP contribution in [0.5, 0.6) is 0 Å². The van der Waals surface area contributed by atoms with Gasteiger partial charge in [-0.15, -0.1) is 0 Å². The summed E-state index contributed by atoms with van der Waals surface area (Å²) in [5, 5.41) is 0.631. The average Bonchev–Trinajstić information content (AvgIpc) is 2.79. The van der Waals surface area contributed by atoms with E-state index in [4.69, 9.17) is 4.74 Å². The number of carbonyl (C=O) groups excluding carboxylic acids is 1. The van der Waals surface area contributed by atoms with E-state index in [2.05, 4.69) is 6.92 Å². The van der Waals surface area contributed by atoms with E-state index in [9.17, 15) is 9.59 Å². The number of unbranched alkanes of at least 4 members (excludes halogenated alkanes) is 5. The van der Waals surface area contributed by atoms with Gasteiger partial charge in [0, 0.05) is 16.6 Å². The number of hydrogen-bond donors (Lipinski definition) is 0. The number of benzene rings is 2. The smallest absolute Gasteiger partial charge is 0.325 e. The van der Waals surface area contributed by atoms with Crippen LogP contribution >= 0.6 is 0 Å². The van der Waals surface area contributed by atoms with Crippen molar-refractivity contribution < 1.29 is 9.53 Å². The average molecular weight is 406 g/mol. The zero-order valence-electron chi connectivity index (χ0n) is 18.0. The fourth-order valence-electron chi connectivity index (χ4n) is 4.06. The summed E-state index contributed by atoms with van der Waals surface area (Å²) >= 11 is 0. The second-order valence-electron chi connectivity index (χ2n) is 7.71. The van der Waals surface area contributed by atoms with Gasteiger partial charge in [-0.3, -0.25) is 9.59 Å². The van der Waals surface area contributed by atoms with Crippen molar-refractivity contribution in [2.24, 2.45) is 0 Å². The number of aromatic nitrogens is 1. The maximum atomic E-state index is 13.5. The number of para-hydroxylation sites is 1. The summed E-state index contributed by atoms with van der Waals surface area (Å²) in [5.74, 6) is -0.313. The lowest BCUT2D eigenvalue weighted by atomic mass is 9.96. The summed E-state index contributed by atoms with van der Waals surface area (Å²) in [4.78, 5) is 25.7. The van der Waals surface area contributed by atoms with E-state index < -0.39 is 0 Å². The van der Waals surface area contributed by atoms with Crippen LogP contribution in [0.2, 0.25) is 0 Å². The Labute approximate surface area is 178 Å². The van der Waals surface area contributed by atoms with Crippen molar-refractivity contribution in [1.82, 2.24) is 4.57 Å². The Morgan fingerprint density at radius 2 is 1.57 bits per heavy atom. The summed E-state index contributed by atoms with van der Waals surface area (Å²) < 4.78 is 6.95. The molecule has 0 aliphatic rings. The molecule has 0 saturated carbocycles. The predicted molar refractivity (Wildman–Crippen MR) is 123 cm³/mol. The normalized spacial score (nSPS) is 11.0. The van der Waals surface area contributed by atoms with Crippen LogP contribution in [-0.2, 0) is 22.5 Å². The number of methoxy groups -OCH3 is 1. The molecule has 2 aromatic carbocycles. The minimum Gasteiger partial charge on any atom is -0.468 e. The Hall–Kier alpha value is -2.88.